The molecule has 0 radical (unpaired) electrons. The number of carbonyl (C=O) groups is 2. The molecule has 2 heterocycles. The van der Waals surface area contributed by atoms with Gasteiger partial charge in [0, 0.05) is 44.1 Å². The lowest BCUT2D eigenvalue weighted by Gasteiger charge is -2.35. The summed E-state index contributed by atoms with van der Waals surface area (Å²) in [4.78, 5) is 31.7. The maximum Gasteiger partial charge on any atom is 0.329 e. The summed E-state index contributed by atoms with van der Waals surface area (Å²) in [5.74, 6) is -1.65. The number of ether oxygens (including phenoxy) is 3. The van der Waals surface area contributed by atoms with Crippen LogP contribution in [0.1, 0.15) is 49.8 Å². The number of benzene rings is 3. The fourth-order valence-electron chi connectivity index (χ4n) is 7.39. The fourth-order valence-corrected chi connectivity index (χ4v) is 7.39. The standard InChI is InChI=1S/C41H50F2N2O6/c1-5-19-50-34-24-37(44(26-34)25-29-11-14-33(49-4)15-12-29)39(46)38(22-30-20-31(42)23-32(43)21-30)51-41(48)36(16-13-28-9-7-6-8-10-28)45-18-17-35(27(2)3)40(45)47/h5-12,14-15,20-21,23,27,34-39,46H,1,13,16-19,22,24-26H2,2-4H3/t34-,35-,36+,37-,38+,39-/m1/s1. The minimum absolute atomic E-state index is 0.0898. The van der Waals surface area contributed by atoms with E-state index in [4.69, 9.17) is 14.2 Å². The third kappa shape index (κ3) is 10.0. The van der Waals surface area contributed by atoms with Gasteiger partial charge >= 0.3 is 5.97 Å². The number of halogens is 2. The number of hydrogen-bond donors (Lipinski definition) is 1. The lowest BCUT2D eigenvalue weighted by Crippen LogP contribution is -2.50. The predicted octanol–water partition coefficient (Wildman–Crippen LogP) is 6.14. The van der Waals surface area contributed by atoms with Crippen molar-refractivity contribution in [3.05, 3.63) is 114 Å². The van der Waals surface area contributed by atoms with Gasteiger partial charge in [0.1, 0.15) is 35.6 Å². The van der Waals surface area contributed by atoms with Crippen LogP contribution < -0.4 is 4.74 Å². The number of amides is 1. The Kier molecular flexibility index (Phi) is 13.4. The first-order chi connectivity index (χ1) is 24.6. The number of methoxy groups -OCH3 is 1. The molecule has 0 unspecified atom stereocenters. The van der Waals surface area contributed by atoms with E-state index in [1.807, 2.05) is 68.4 Å². The third-order valence-electron chi connectivity index (χ3n) is 10.1. The summed E-state index contributed by atoms with van der Waals surface area (Å²) in [5, 5.41) is 12.2. The molecule has 2 aliphatic heterocycles. The van der Waals surface area contributed by atoms with Crippen LogP contribution in [0, 0.1) is 23.5 Å². The van der Waals surface area contributed by atoms with E-state index in [1.54, 1.807) is 18.1 Å². The smallest absolute Gasteiger partial charge is 0.329 e. The average Bonchev–Trinajstić information content (AvgIpc) is 3.70. The van der Waals surface area contributed by atoms with Gasteiger partial charge in [0.15, 0.2) is 0 Å². The highest BCUT2D eigenvalue weighted by Gasteiger charge is 2.44. The molecule has 5 rings (SSSR count). The normalized spacial score (nSPS) is 21.1. The largest absolute Gasteiger partial charge is 0.497 e. The molecule has 2 saturated heterocycles. The van der Waals surface area contributed by atoms with Gasteiger partial charge in [0.2, 0.25) is 5.91 Å². The Hall–Kier alpha value is -4.12. The first-order valence-electron chi connectivity index (χ1n) is 17.8. The van der Waals surface area contributed by atoms with Gasteiger partial charge in [0.05, 0.1) is 19.8 Å². The molecule has 3 aromatic carbocycles. The van der Waals surface area contributed by atoms with Crippen LogP contribution in [0.4, 0.5) is 8.78 Å². The minimum atomic E-state index is -1.26. The lowest BCUT2D eigenvalue weighted by molar-refractivity contribution is -0.166. The Labute approximate surface area is 300 Å². The van der Waals surface area contributed by atoms with Crippen molar-refractivity contribution in [3.63, 3.8) is 0 Å². The second kappa shape index (κ2) is 17.9. The first kappa shape index (κ1) is 38.1. The lowest BCUT2D eigenvalue weighted by atomic mass is 9.94. The maximum atomic E-state index is 14.4. The number of esters is 1. The molecule has 1 amide bonds. The number of aryl methyl sites for hydroxylation is 1. The van der Waals surface area contributed by atoms with Crippen molar-refractivity contribution in [2.24, 2.45) is 11.8 Å². The molecule has 1 N–H and O–H groups in total. The zero-order valence-corrected chi connectivity index (χ0v) is 29.8. The molecule has 6 atom stereocenters. The monoisotopic (exact) mass is 704 g/mol. The van der Waals surface area contributed by atoms with Crippen LogP contribution >= 0.6 is 0 Å². The van der Waals surface area contributed by atoms with Crippen LogP contribution in [0.5, 0.6) is 5.75 Å². The van der Waals surface area contributed by atoms with Gasteiger partial charge < -0.3 is 24.2 Å². The average molecular weight is 705 g/mol. The summed E-state index contributed by atoms with van der Waals surface area (Å²) in [6.45, 7) is 9.46. The van der Waals surface area contributed by atoms with Gasteiger partial charge in [-0.1, -0.05) is 62.4 Å². The van der Waals surface area contributed by atoms with Gasteiger partial charge in [-0.15, -0.1) is 6.58 Å². The van der Waals surface area contributed by atoms with Crippen molar-refractivity contribution in [2.75, 3.05) is 26.8 Å². The van der Waals surface area contributed by atoms with Crippen LogP contribution in [0.25, 0.3) is 0 Å². The molecule has 51 heavy (non-hydrogen) atoms. The molecule has 0 spiro atoms. The summed E-state index contributed by atoms with van der Waals surface area (Å²) in [5.41, 5.74) is 2.23. The molecule has 2 aliphatic rings. The van der Waals surface area contributed by atoms with E-state index < -0.39 is 41.9 Å². The number of aliphatic hydroxyl groups excluding tert-OH is 1. The van der Waals surface area contributed by atoms with Crippen LogP contribution in [-0.2, 0) is 38.4 Å². The van der Waals surface area contributed by atoms with Crippen molar-refractivity contribution >= 4 is 11.9 Å². The maximum absolute atomic E-state index is 14.4. The van der Waals surface area contributed by atoms with E-state index in [0.29, 0.717) is 51.9 Å². The Bertz CT molecular complexity index is 1580. The minimum Gasteiger partial charge on any atom is -0.497 e. The van der Waals surface area contributed by atoms with Gasteiger partial charge in [-0.05, 0) is 72.6 Å². The fraction of sp³-hybridized carbons (Fsp3) is 0.463. The number of rotatable bonds is 17. The van der Waals surface area contributed by atoms with Crippen LogP contribution in [-0.4, -0.2) is 84.0 Å². The number of nitrogens with zero attached hydrogens (tertiary/aromatic N) is 2. The summed E-state index contributed by atoms with van der Waals surface area (Å²) < 4.78 is 46.4. The highest BCUT2D eigenvalue weighted by molar-refractivity contribution is 5.87. The van der Waals surface area contributed by atoms with Gasteiger partial charge in [-0.3, -0.25) is 9.69 Å². The molecular formula is C41H50F2N2O6. The molecule has 8 nitrogen and oxygen atoms in total. The molecule has 0 saturated carbocycles. The van der Waals surface area contributed by atoms with Crippen molar-refractivity contribution in [2.45, 2.75) is 82.9 Å². The molecule has 0 aromatic heterocycles. The molecule has 3 aromatic rings. The predicted molar refractivity (Wildman–Crippen MR) is 191 cm³/mol. The summed E-state index contributed by atoms with van der Waals surface area (Å²) in [7, 11) is 1.60. The second-order valence-corrected chi connectivity index (χ2v) is 14.0. The second-order valence-electron chi connectivity index (χ2n) is 14.0. The number of likely N-dealkylation sites (tertiary alicyclic amines) is 2. The van der Waals surface area contributed by atoms with Crippen LogP contribution in [0.3, 0.4) is 0 Å². The Balaban J connectivity index is 1.44. The zero-order chi connectivity index (χ0) is 36.5. The topological polar surface area (TPSA) is 88.5 Å². The molecule has 0 aliphatic carbocycles. The van der Waals surface area contributed by atoms with Crippen LogP contribution in [0.15, 0.2) is 85.5 Å². The molecule has 274 valence electrons. The van der Waals surface area contributed by atoms with E-state index >= 15 is 0 Å². The van der Waals surface area contributed by atoms with E-state index in [2.05, 4.69) is 11.5 Å². The van der Waals surface area contributed by atoms with Crippen molar-refractivity contribution in [1.29, 1.82) is 0 Å². The van der Waals surface area contributed by atoms with Gasteiger partial charge in [0.25, 0.3) is 0 Å². The summed E-state index contributed by atoms with van der Waals surface area (Å²) in [6, 6.07) is 19.0. The quantitative estimate of drug-likeness (QED) is 0.134. The number of carbonyl (C=O) groups excluding carboxylic acids is 2. The summed E-state index contributed by atoms with van der Waals surface area (Å²) >= 11 is 0. The Morgan fingerprint density at radius 3 is 2.35 bits per heavy atom. The van der Waals surface area contributed by atoms with E-state index in [1.165, 1.54) is 12.1 Å². The number of hydrogen-bond acceptors (Lipinski definition) is 7. The summed E-state index contributed by atoms with van der Waals surface area (Å²) in [6.07, 6.45) is 0.754. The highest BCUT2D eigenvalue weighted by Crippen LogP contribution is 2.32. The van der Waals surface area contributed by atoms with Crippen molar-refractivity contribution in [3.8, 4) is 5.75 Å². The highest BCUT2D eigenvalue weighted by atomic mass is 19.1. The van der Waals surface area contributed by atoms with Crippen molar-refractivity contribution in [1.82, 2.24) is 9.80 Å². The van der Waals surface area contributed by atoms with Gasteiger partial charge in [-0.2, -0.15) is 0 Å². The van der Waals surface area contributed by atoms with E-state index in [-0.39, 0.29) is 35.8 Å². The zero-order valence-electron chi connectivity index (χ0n) is 29.8. The van der Waals surface area contributed by atoms with Crippen molar-refractivity contribution < 1.29 is 37.7 Å². The molecule has 0 bridgehead atoms. The number of aliphatic hydroxyl groups is 1. The van der Waals surface area contributed by atoms with E-state index in [0.717, 1.165) is 22.9 Å². The molecule has 2 fully saturated rings. The third-order valence-corrected chi connectivity index (χ3v) is 10.1. The molecular weight excluding hydrogens is 654 g/mol. The molecule has 10 heteroatoms. The van der Waals surface area contributed by atoms with Crippen LogP contribution in [0.2, 0.25) is 0 Å². The SMILES string of the molecule is C=CCO[C@@H]1C[C@H]([C@@H](O)[C@H](Cc2cc(F)cc(F)c2)OC(=O)[C@H](CCc2ccccc2)N2CC[C@H](C(C)C)C2=O)N(Cc2ccc(OC)cc2)C1. The first-order valence-corrected chi connectivity index (χ1v) is 17.8. The Morgan fingerprint density at radius 2 is 1.73 bits per heavy atom. The van der Waals surface area contributed by atoms with Gasteiger partial charge in [-0.25, -0.2) is 13.6 Å². The Morgan fingerprint density at radius 1 is 1.02 bits per heavy atom. The van der Waals surface area contributed by atoms with E-state index in [9.17, 15) is 23.5 Å².